The van der Waals surface area contributed by atoms with Crippen LogP contribution in [0, 0.1) is 11.3 Å². The molecule has 0 amide bonds. The number of anilines is 1. The van der Waals surface area contributed by atoms with E-state index in [0.717, 1.165) is 22.3 Å². The largest absolute Gasteiger partial charge is 0.497 e. The average Bonchev–Trinajstić information content (AvgIpc) is 3.93. The maximum Gasteiger partial charge on any atom is 0.259 e. The van der Waals surface area contributed by atoms with Crippen LogP contribution in [0.1, 0.15) is 76.4 Å². The SMILES string of the molecule is COc1ccc(C(O[C@]23O[C@@H](n4cnc5c(NCc6ccccc6)ncnc54)[C@@H](OC2(C)C)[C@@H]3OP(OCCC#N)N(C(C)C)C(C)C)(c2ccccc2)c2ccc(OC)cc2)cc1. The number of aromatic nitrogens is 4. The van der Waals surface area contributed by atoms with Gasteiger partial charge in [-0.1, -0.05) is 84.9 Å². The molecule has 2 bridgehead atoms. The Morgan fingerprint density at radius 3 is 1.98 bits per heavy atom. The van der Waals surface area contributed by atoms with Crippen molar-refractivity contribution in [3.8, 4) is 17.6 Å². The summed E-state index contributed by atoms with van der Waals surface area (Å²) < 4.78 is 52.2. The summed E-state index contributed by atoms with van der Waals surface area (Å²) >= 11 is 0. The third-order valence-corrected chi connectivity index (χ3v) is 13.9. The minimum atomic E-state index is -1.82. The molecular formula is C49H56N7O7P. The summed E-state index contributed by atoms with van der Waals surface area (Å²) in [5.41, 5.74) is 2.16. The number of nitrogens with zero attached hydrogens (tertiary/aromatic N) is 6. The van der Waals surface area contributed by atoms with E-state index in [1.165, 1.54) is 6.33 Å². The maximum atomic E-state index is 9.60. The van der Waals surface area contributed by atoms with Gasteiger partial charge in [0.1, 0.15) is 35.1 Å². The summed E-state index contributed by atoms with van der Waals surface area (Å²) in [4.78, 5) is 14.2. The number of nitriles is 1. The number of nitrogens with one attached hydrogen (secondary N) is 1. The quantitative estimate of drug-likeness (QED) is 0.0468. The molecule has 334 valence electrons. The molecule has 0 spiro atoms. The second-order valence-electron chi connectivity index (χ2n) is 16.8. The van der Waals surface area contributed by atoms with Gasteiger partial charge in [-0.15, -0.1) is 0 Å². The molecular weight excluding hydrogens is 830 g/mol. The first-order valence-electron chi connectivity index (χ1n) is 21.6. The van der Waals surface area contributed by atoms with Crippen LogP contribution in [0.2, 0.25) is 0 Å². The normalized spacial score (nSPS) is 20.8. The van der Waals surface area contributed by atoms with Crippen LogP contribution in [0.4, 0.5) is 5.82 Å². The van der Waals surface area contributed by atoms with Crippen LogP contribution in [-0.4, -0.2) is 80.7 Å². The highest BCUT2D eigenvalue weighted by Gasteiger charge is 2.76. The van der Waals surface area contributed by atoms with Crippen LogP contribution in [0.25, 0.3) is 11.2 Å². The van der Waals surface area contributed by atoms with E-state index in [1.807, 2.05) is 103 Å². The first-order chi connectivity index (χ1) is 31.0. The minimum absolute atomic E-state index is 0.0212. The van der Waals surface area contributed by atoms with E-state index in [9.17, 15) is 5.26 Å². The average molecular weight is 886 g/mol. The topological polar surface area (TPSA) is 147 Å². The van der Waals surface area contributed by atoms with Gasteiger partial charge in [0.05, 0.1) is 39.6 Å². The Bertz CT molecular complexity index is 2460. The van der Waals surface area contributed by atoms with Gasteiger partial charge >= 0.3 is 0 Å². The lowest BCUT2D eigenvalue weighted by Gasteiger charge is -2.49. The Kier molecular flexibility index (Phi) is 13.3. The fourth-order valence-electron chi connectivity index (χ4n) is 8.82. The molecule has 0 radical (unpaired) electrons. The van der Waals surface area contributed by atoms with Crippen molar-refractivity contribution in [1.29, 1.82) is 5.26 Å². The monoisotopic (exact) mass is 885 g/mol. The lowest BCUT2D eigenvalue weighted by atomic mass is 9.79. The Balaban J connectivity index is 1.32. The summed E-state index contributed by atoms with van der Waals surface area (Å²) in [5.74, 6) is 0.304. The molecule has 4 aromatic carbocycles. The van der Waals surface area contributed by atoms with E-state index in [-0.39, 0.29) is 25.1 Å². The van der Waals surface area contributed by atoms with Gasteiger partial charge in [-0.25, -0.2) is 19.6 Å². The molecule has 1 N–H and O–H groups in total. The first-order valence-corrected chi connectivity index (χ1v) is 22.7. The van der Waals surface area contributed by atoms with Crippen LogP contribution in [0.15, 0.2) is 122 Å². The number of benzene rings is 4. The number of hydrogen-bond acceptors (Lipinski definition) is 13. The maximum absolute atomic E-state index is 9.60. The lowest BCUT2D eigenvalue weighted by Crippen LogP contribution is -2.60. The van der Waals surface area contributed by atoms with E-state index in [1.54, 1.807) is 20.5 Å². The predicted molar refractivity (Wildman–Crippen MR) is 244 cm³/mol. The lowest BCUT2D eigenvalue weighted by molar-refractivity contribution is -0.367. The number of ether oxygens (including phenoxy) is 5. The third kappa shape index (κ3) is 8.34. The van der Waals surface area contributed by atoms with Crippen LogP contribution in [-0.2, 0) is 35.4 Å². The second-order valence-corrected chi connectivity index (χ2v) is 18.2. The zero-order valence-corrected chi connectivity index (χ0v) is 38.4. The molecule has 1 unspecified atom stereocenters. The highest BCUT2D eigenvalue weighted by atomic mass is 31.2. The van der Waals surface area contributed by atoms with Crippen molar-refractivity contribution in [2.75, 3.05) is 26.1 Å². The Morgan fingerprint density at radius 1 is 0.812 bits per heavy atom. The number of fused-ring (bicyclic) bond motifs is 3. The van der Waals surface area contributed by atoms with Crippen molar-refractivity contribution in [2.45, 2.75) is 102 Å². The summed E-state index contributed by atoms with van der Waals surface area (Å²) in [6.45, 7) is 13.1. The smallest absolute Gasteiger partial charge is 0.259 e. The zero-order chi connectivity index (χ0) is 45.1. The Labute approximate surface area is 376 Å². The summed E-state index contributed by atoms with van der Waals surface area (Å²) in [6, 6.07) is 38.2. The first kappa shape index (κ1) is 45.1. The van der Waals surface area contributed by atoms with Crippen molar-refractivity contribution in [1.82, 2.24) is 24.2 Å². The highest BCUT2D eigenvalue weighted by Crippen LogP contribution is 2.63. The van der Waals surface area contributed by atoms with Crippen LogP contribution in [0.3, 0.4) is 0 Å². The van der Waals surface area contributed by atoms with Crippen molar-refractivity contribution in [3.05, 3.63) is 144 Å². The molecule has 5 atom stereocenters. The fraction of sp³-hybridized carbons (Fsp3) is 0.388. The highest BCUT2D eigenvalue weighted by molar-refractivity contribution is 7.44. The summed E-state index contributed by atoms with van der Waals surface area (Å²) in [5, 5.41) is 13.1. The van der Waals surface area contributed by atoms with E-state index in [2.05, 4.69) is 73.0 Å². The fourth-order valence-corrected chi connectivity index (χ4v) is 10.6. The molecule has 2 aromatic heterocycles. The number of rotatable bonds is 19. The molecule has 2 aliphatic heterocycles. The predicted octanol–water partition coefficient (Wildman–Crippen LogP) is 9.53. The van der Waals surface area contributed by atoms with Gasteiger partial charge in [-0.05, 0) is 88.1 Å². The molecule has 0 saturated carbocycles. The molecule has 0 aliphatic carbocycles. The third-order valence-electron chi connectivity index (χ3n) is 11.8. The van der Waals surface area contributed by atoms with Gasteiger partial charge in [-0.2, -0.15) is 5.26 Å². The standard InChI is InChI=1S/C49H56N7O7P/c1-33(2)56(34(3)4)64(59-29-15-28-50)62-43-42-46(55-32-54-41-44(52-31-53-45(41)55)51-30-35-16-11-9-12-17-35)61-49(43,47(5,6)60-42)63-48(36-18-13-10-14-19-36,37-20-24-39(57-7)25-21-37)38-22-26-40(58-8)27-23-38/h9-14,16-27,31-34,42-43,46H,15,29-30H2,1-8H3,(H,51,52,53)/t42-,43-,46+,49-,64?/m0/s1. The molecule has 2 saturated heterocycles. The molecule has 64 heavy (non-hydrogen) atoms. The molecule has 8 rings (SSSR count). The second kappa shape index (κ2) is 18.9. The van der Waals surface area contributed by atoms with Gasteiger partial charge in [-0.3, -0.25) is 4.57 Å². The molecule has 14 nitrogen and oxygen atoms in total. The van der Waals surface area contributed by atoms with Crippen molar-refractivity contribution >= 4 is 25.5 Å². The molecule has 2 aliphatic rings. The van der Waals surface area contributed by atoms with Crippen LogP contribution >= 0.6 is 8.53 Å². The summed E-state index contributed by atoms with van der Waals surface area (Å²) in [7, 11) is 1.47. The van der Waals surface area contributed by atoms with E-state index >= 15 is 0 Å². The van der Waals surface area contributed by atoms with Gasteiger partial charge in [0, 0.05) is 18.6 Å². The van der Waals surface area contributed by atoms with Crippen LogP contribution < -0.4 is 14.8 Å². The molecule has 2 fully saturated rings. The molecule has 15 heteroatoms. The Hall–Kier alpha value is -5.49. The van der Waals surface area contributed by atoms with E-state index in [0.29, 0.717) is 35.0 Å². The number of imidazole rings is 1. The Morgan fingerprint density at radius 2 is 1.41 bits per heavy atom. The van der Waals surface area contributed by atoms with Crippen molar-refractivity contribution < 1.29 is 32.7 Å². The van der Waals surface area contributed by atoms with Crippen LogP contribution in [0.5, 0.6) is 11.5 Å². The minimum Gasteiger partial charge on any atom is -0.497 e. The molecule has 4 heterocycles. The van der Waals surface area contributed by atoms with Crippen molar-refractivity contribution in [3.63, 3.8) is 0 Å². The number of hydrogen-bond donors (Lipinski definition) is 1. The van der Waals surface area contributed by atoms with E-state index < -0.39 is 44.0 Å². The van der Waals surface area contributed by atoms with Gasteiger partial charge < -0.3 is 38.0 Å². The van der Waals surface area contributed by atoms with E-state index in [4.69, 9.17) is 42.7 Å². The van der Waals surface area contributed by atoms with Crippen molar-refractivity contribution in [2.24, 2.45) is 0 Å². The number of methoxy groups -OCH3 is 2. The van der Waals surface area contributed by atoms with Gasteiger partial charge in [0.15, 0.2) is 29.3 Å². The summed E-state index contributed by atoms with van der Waals surface area (Å²) in [6.07, 6.45) is 0.895. The van der Waals surface area contributed by atoms with Gasteiger partial charge in [0.25, 0.3) is 8.53 Å². The van der Waals surface area contributed by atoms with Gasteiger partial charge in [0.2, 0.25) is 5.79 Å². The molecule has 6 aromatic rings. The zero-order valence-electron chi connectivity index (χ0n) is 37.5.